The third-order valence-corrected chi connectivity index (χ3v) is 4.36. The van der Waals surface area contributed by atoms with Gasteiger partial charge in [-0.25, -0.2) is 8.78 Å². The number of anilines is 1. The van der Waals surface area contributed by atoms with Crippen molar-refractivity contribution in [2.24, 2.45) is 0 Å². The number of hydrogen-bond acceptors (Lipinski definition) is 3. The SMILES string of the molecule is CCOCCS[C@@H]1CCN(c2c(F)cccc2F)C1=O. The molecule has 1 saturated heterocycles. The van der Waals surface area contributed by atoms with E-state index in [0.717, 1.165) is 0 Å². The molecule has 0 saturated carbocycles. The summed E-state index contributed by atoms with van der Waals surface area (Å²) in [6.07, 6.45) is 0.601. The van der Waals surface area contributed by atoms with Crippen LogP contribution in [0.2, 0.25) is 0 Å². The van der Waals surface area contributed by atoms with E-state index in [9.17, 15) is 13.6 Å². The van der Waals surface area contributed by atoms with Crippen molar-refractivity contribution in [3.8, 4) is 0 Å². The van der Waals surface area contributed by atoms with Crippen LogP contribution >= 0.6 is 11.8 Å². The molecule has 1 aromatic rings. The fraction of sp³-hybridized carbons (Fsp3) is 0.500. The van der Waals surface area contributed by atoms with Gasteiger partial charge in [0.2, 0.25) is 5.91 Å². The summed E-state index contributed by atoms with van der Waals surface area (Å²) < 4.78 is 32.6. The van der Waals surface area contributed by atoms with Gasteiger partial charge in [0.15, 0.2) is 0 Å². The summed E-state index contributed by atoms with van der Waals surface area (Å²) in [5.74, 6) is -0.912. The van der Waals surface area contributed by atoms with Crippen molar-refractivity contribution >= 4 is 23.4 Å². The molecule has 110 valence electrons. The fourth-order valence-corrected chi connectivity index (χ4v) is 3.21. The van der Waals surface area contributed by atoms with Gasteiger partial charge < -0.3 is 9.64 Å². The second-order valence-corrected chi connectivity index (χ2v) is 5.72. The van der Waals surface area contributed by atoms with E-state index in [1.807, 2.05) is 6.92 Å². The Kier molecular flexibility index (Phi) is 5.37. The van der Waals surface area contributed by atoms with E-state index in [0.29, 0.717) is 31.9 Å². The van der Waals surface area contributed by atoms with Crippen molar-refractivity contribution in [2.45, 2.75) is 18.6 Å². The molecule has 1 amide bonds. The quantitative estimate of drug-likeness (QED) is 0.757. The smallest absolute Gasteiger partial charge is 0.240 e. The second kappa shape index (κ2) is 7.04. The molecule has 1 aliphatic heterocycles. The van der Waals surface area contributed by atoms with Crippen molar-refractivity contribution in [1.82, 2.24) is 0 Å². The monoisotopic (exact) mass is 301 g/mol. The zero-order valence-electron chi connectivity index (χ0n) is 11.3. The molecular formula is C14H17F2NO2S. The van der Waals surface area contributed by atoms with Crippen molar-refractivity contribution in [3.05, 3.63) is 29.8 Å². The van der Waals surface area contributed by atoms with Gasteiger partial charge in [-0.3, -0.25) is 4.79 Å². The van der Waals surface area contributed by atoms with Crippen LogP contribution < -0.4 is 4.90 Å². The topological polar surface area (TPSA) is 29.5 Å². The van der Waals surface area contributed by atoms with Crippen LogP contribution in [-0.4, -0.2) is 36.7 Å². The van der Waals surface area contributed by atoms with E-state index in [2.05, 4.69) is 0 Å². The average Bonchev–Trinajstić information content (AvgIpc) is 2.77. The molecule has 3 nitrogen and oxygen atoms in total. The fourth-order valence-electron chi connectivity index (χ4n) is 2.17. The lowest BCUT2D eigenvalue weighted by Crippen LogP contribution is -2.30. The molecule has 1 aromatic carbocycles. The number of hydrogen-bond donors (Lipinski definition) is 0. The van der Waals surface area contributed by atoms with Crippen LogP contribution in [0.25, 0.3) is 0 Å². The molecule has 1 heterocycles. The Bertz CT molecular complexity index is 464. The molecule has 2 rings (SSSR count). The Morgan fingerprint density at radius 1 is 1.40 bits per heavy atom. The van der Waals surface area contributed by atoms with Gasteiger partial charge in [-0.2, -0.15) is 0 Å². The van der Waals surface area contributed by atoms with Crippen LogP contribution in [0.3, 0.4) is 0 Å². The molecule has 1 aliphatic rings. The molecule has 0 spiro atoms. The minimum atomic E-state index is -0.696. The highest BCUT2D eigenvalue weighted by atomic mass is 32.2. The number of para-hydroxylation sites is 1. The highest BCUT2D eigenvalue weighted by Crippen LogP contribution is 2.31. The molecule has 0 bridgehead atoms. The summed E-state index contributed by atoms with van der Waals surface area (Å²) in [5.41, 5.74) is -0.231. The maximum absolute atomic E-state index is 13.7. The average molecular weight is 301 g/mol. The van der Waals surface area contributed by atoms with E-state index < -0.39 is 11.6 Å². The molecule has 0 radical (unpaired) electrons. The van der Waals surface area contributed by atoms with Crippen molar-refractivity contribution in [3.63, 3.8) is 0 Å². The maximum atomic E-state index is 13.7. The predicted octanol–water partition coefficient (Wildman–Crippen LogP) is 2.84. The number of benzene rings is 1. The highest BCUT2D eigenvalue weighted by molar-refractivity contribution is 8.00. The maximum Gasteiger partial charge on any atom is 0.240 e. The van der Waals surface area contributed by atoms with Gasteiger partial charge in [0.05, 0.1) is 11.9 Å². The van der Waals surface area contributed by atoms with Crippen LogP contribution in [0.5, 0.6) is 0 Å². The molecule has 0 unspecified atom stereocenters. The number of carbonyl (C=O) groups is 1. The predicted molar refractivity (Wildman–Crippen MR) is 76.1 cm³/mol. The van der Waals surface area contributed by atoms with Gasteiger partial charge in [-0.15, -0.1) is 11.8 Å². The first-order valence-corrected chi connectivity index (χ1v) is 7.64. The molecule has 0 aromatic heterocycles. The lowest BCUT2D eigenvalue weighted by molar-refractivity contribution is -0.116. The van der Waals surface area contributed by atoms with Gasteiger partial charge in [-0.1, -0.05) is 6.07 Å². The summed E-state index contributed by atoms with van der Waals surface area (Å²) in [4.78, 5) is 13.4. The zero-order chi connectivity index (χ0) is 14.5. The van der Waals surface area contributed by atoms with E-state index in [-0.39, 0.29) is 16.8 Å². The first kappa shape index (κ1) is 15.3. The lowest BCUT2D eigenvalue weighted by atomic mass is 10.2. The number of ether oxygens (including phenoxy) is 1. The van der Waals surface area contributed by atoms with E-state index in [4.69, 9.17) is 4.74 Å². The molecule has 0 aliphatic carbocycles. The minimum absolute atomic E-state index is 0.226. The Balaban J connectivity index is 2.00. The van der Waals surface area contributed by atoms with Crippen molar-refractivity contribution in [2.75, 3.05) is 30.4 Å². The first-order chi connectivity index (χ1) is 9.65. The standard InChI is InChI=1S/C14H17F2NO2S/c1-2-19-8-9-20-12-6-7-17(14(12)18)13-10(15)4-3-5-11(13)16/h3-5,12H,2,6-9H2,1H3/t12-/m1/s1. The number of rotatable bonds is 6. The number of nitrogens with zero attached hydrogens (tertiary/aromatic N) is 1. The molecule has 0 N–H and O–H groups in total. The zero-order valence-corrected chi connectivity index (χ0v) is 12.1. The van der Waals surface area contributed by atoms with E-state index in [1.165, 1.54) is 34.9 Å². The Morgan fingerprint density at radius 3 is 2.75 bits per heavy atom. The van der Waals surface area contributed by atoms with Crippen LogP contribution in [0, 0.1) is 11.6 Å². The van der Waals surface area contributed by atoms with Crippen LogP contribution in [0.4, 0.5) is 14.5 Å². The molecule has 6 heteroatoms. The van der Waals surface area contributed by atoms with Crippen molar-refractivity contribution < 1.29 is 18.3 Å². The summed E-state index contributed by atoms with van der Waals surface area (Å²) in [6.45, 7) is 3.49. The summed E-state index contributed by atoms with van der Waals surface area (Å²) in [7, 11) is 0. The molecule has 20 heavy (non-hydrogen) atoms. The molecule has 1 fully saturated rings. The van der Waals surface area contributed by atoms with Gasteiger partial charge in [-0.05, 0) is 25.5 Å². The molecule has 1 atom stereocenters. The number of thioether (sulfide) groups is 1. The third-order valence-electron chi connectivity index (χ3n) is 3.11. The second-order valence-electron chi connectivity index (χ2n) is 4.41. The first-order valence-electron chi connectivity index (χ1n) is 6.60. The number of amides is 1. The summed E-state index contributed by atoms with van der Waals surface area (Å²) in [6, 6.07) is 3.63. The highest BCUT2D eigenvalue weighted by Gasteiger charge is 2.35. The van der Waals surface area contributed by atoms with Crippen LogP contribution in [0.1, 0.15) is 13.3 Å². The normalized spacial score (nSPS) is 18.9. The van der Waals surface area contributed by atoms with Crippen molar-refractivity contribution in [1.29, 1.82) is 0 Å². The van der Waals surface area contributed by atoms with Gasteiger partial charge >= 0.3 is 0 Å². The van der Waals surface area contributed by atoms with Crippen LogP contribution in [-0.2, 0) is 9.53 Å². The Morgan fingerprint density at radius 2 is 2.10 bits per heavy atom. The van der Waals surface area contributed by atoms with E-state index >= 15 is 0 Å². The van der Waals surface area contributed by atoms with Gasteiger partial charge in [0.1, 0.15) is 17.3 Å². The Hall–Kier alpha value is -1.14. The minimum Gasteiger partial charge on any atom is -0.381 e. The summed E-state index contributed by atoms with van der Waals surface area (Å²) in [5, 5.41) is -0.241. The summed E-state index contributed by atoms with van der Waals surface area (Å²) >= 11 is 1.48. The Labute approximate surface area is 121 Å². The largest absolute Gasteiger partial charge is 0.381 e. The number of halogens is 2. The molecular weight excluding hydrogens is 284 g/mol. The van der Waals surface area contributed by atoms with Gasteiger partial charge in [0.25, 0.3) is 0 Å². The number of carbonyl (C=O) groups excluding carboxylic acids is 1. The third kappa shape index (κ3) is 3.30. The van der Waals surface area contributed by atoms with Gasteiger partial charge in [0, 0.05) is 18.9 Å². The van der Waals surface area contributed by atoms with Crippen LogP contribution in [0.15, 0.2) is 18.2 Å². The van der Waals surface area contributed by atoms with E-state index in [1.54, 1.807) is 0 Å². The lowest BCUT2D eigenvalue weighted by Gasteiger charge is -2.18.